The first kappa shape index (κ1) is 14.8. The van der Waals surface area contributed by atoms with Crippen molar-refractivity contribution in [3.63, 3.8) is 0 Å². The van der Waals surface area contributed by atoms with Crippen LogP contribution in [0.4, 0.5) is 10.1 Å². The number of hydrogen-bond donors (Lipinski definition) is 3. The van der Waals surface area contributed by atoms with Crippen molar-refractivity contribution in [2.24, 2.45) is 5.92 Å². The highest BCUT2D eigenvalue weighted by molar-refractivity contribution is 5.99. The molecule has 0 bridgehead atoms. The van der Waals surface area contributed by atoms with Gasteiger partial charge in [-0.05, 0) is 49.8 Å². The number of nitrogen functional groups attached to an aromatic ring is 1. The molecule has 110 valence electrons. The van der Waals surface area contributed by atoms with Crippen LogP contribution in [0.5, 0.6) is 0 Å². The average molecular weight is 280 g/mol. The standard InChI is InChI=1S/C15H21FN2O2/c1-10-4-6-15(9-19,7-5-10)18-14(20)12-8-11(16)2-3-13(12)17/h2-3,8,10,19H,4-7,9,17H2,1H3,(H,18,20). The van der Waals surface area contributed by atoms with Crippen molar-refractivity contribution < 1.29 is 14.3 Å². The van der Waals surface area contributed by atoms with Gasteiger partial charge < -0.3 is 16.2 Å². The second-order valence-corrected chi connectivity index (χ2v) is 5.81. The van der Waals surface area contributed by atoms with E-state index in [0.29, 0.717) is 5.92 Å². The van der Waals surface area contributed by atoms with Crippen molar-refractivity contribution in [2.75, 3.05) is 12.3 Å². The second kappa shape index (κ2) is 5.79. The molecule has 4 nitrogen and oxygen atoms in total. The summed E-state index contributed by atoms with van der Waals surface area (Å²) in [6, 6.07) is 3.72. The molecular weight excluding hydrogens is 259 g/mol. The summed E-state index contributed by atoms with van der Waals surface area (Å²) >= 11 is 0. The second-order valence-electron chi connectivity index (χ2n) is 5.81. The molecule has 4 N–H and O–H groups in total. The van der Waals surface area contributed by atoms with Crippen molar-refractivity contribution in [2.45, 2.75) is 38.1 Å². The topological polar surface area (TPSA) is 75.3 Å². The predicted molar refractivity (Wildman–Crippen MR) is 75.7 cm³/mol. The molecule has 0 unspecified atom stereocenters. The number of benzene rings is 1. The Balaban J connectivity index is 2.15. The van der Waals surface area contributed by atoms with Crippen LogP contribution in [-0.2, 0) is 0 Å². The number of nitrogens with one attached hydrogen (secondary N) is 1. The lowest BCUT2D eigenvalue weighted by Gasteiger charge is -2.38. The van der Waals surface area contributed by atoms with E-state index in [1.54, 1.807) is 0 Å². The van der Waals surface area contributed by atoms with E-state index >= 15 is 0 Å². The Morgan fingerprint density at radius 3 is 2.75 bits per heavy atom. The smallest absolute Gasteiger partial charge is 0.253 e. The quantitative estimate of drug-likeness (QED) is 0.742. The Kier molecular flexibility index (Phi) is 4.28. The molecule has 0 aliphatic heterocycles. The lowest BCUT2D eigenvalue weighted by molar-refractivity contribution is 0.0717. The molecule has 0 saturated heterocycles. The Morgan fingerprint density at radius 1 is 1.50 bits per heavy atom. The summed E-state index contributed by atoms with van der Waals surface area (Å²) in [6.07, 6.45) is 3.37. The van der Waals surface area contributed by atoms with Gasteiger partial charge in [-0.15, -0.1) is 0 Å². The third-order valence-corrected chi connectivity index (χ3v) is 4.17. The normalized spacial score (nSPS) is 26.2. The maximum atomic E-state index is 13.2. The first-order chi connectivity index (χ1) is 9.46. The highest BCUT2D eigenvalue weighted by Crippen LogP contribution is 2.32. The van der Waals surface area contributed by atoms with Gasteiger partial charge in [-0.1, -0.05) is 6.92 Å². The van der Waals surface area contributed by atoms with Gasteiger partial charge in [0.1, 0.15) is 5.82 Å². The molecule has 0 atom stereocenters. The van der Waals surface area contributed by atoms with Crippen LogP contribution in [0.3, 0.4) is 0 Å². The fourth-order valence-corrected chi connectivity index (χ4v) is 2.67. The lowest BCUT2D eigenvalue weighted by Crippen LogP contribution is -2.53. The van der Waals surface area contributed by atoms with Gasteiger partial charge in [0.15, 0.2) is 0 Å². The fraction of sp³-hybridized carbons (Fsp3) is 0.533. The van der Waals surface area contributed by atoms with Gasteiger partial charge in [-0.3, -0.25) is 4.79 Å². The number of carbonyl (C=O) groups excluding carboxylic acids is 1. The van der Waals surface area contributed by atoms with Crippen molar-refractivity contribution in [1.82, 2.24) is 5.32 Å². The zero-order valence-corrected chi connectivity index (χ0v) is 11.7. The molecule has 1 aromatic carbocycles. The minimum atomic E-state index is -0.609. The third-order valence-electron chi connectivity index (χ3n) is 4.17. The van der Waals surface area contributed by atoms with E-state index in [1.807, 2.05) is 0 Å². The van der Waals surface area contributed by atoms with Crippen LogP contribution in [0.2, 0.25) is 0 Å². The van der Waals surface area contributed by atoms with Crippen LogP contribution >= 0.6 is 0 Å². The van der Waals surface area contributed by atoms with Crippen LogP contribution in [0.25, 0.3) is 0 Å². The zero-order valence-electron chi connectivity index (χ0n) is 11.7. The number of halogens is 1. The van der Waals surface area contributed by atoms with Crippen molar-refractivity contribution in [3.05, 3.63) is 29.6 Å². The van der Waals surface area contributed by atoms with Gasteiger partial charge >= 0.3 is 0 Å². The van der Waals surface area contributed by atoms with Gasteiger partial charge in [-0.25, -0.2) is 4.39 Å². The van der Waals surface area contributed by atoms with E-state index in [0.717, 1.165) is 31.7 Å². The Hall–Kier alpha value is -1.62. The summed E-state index contributed by atoms with van der Waals surface area (Å²) in [4.78, 5) is 12.3. The molecule has 5 heteroatoms. The number of carbonyl (C=O) groups is 1. The number of amides is 1. The van der Waals surface area contributed by atoms with E-state index in [4.69, 9.17) is 5.73 Å². The largest absolute Gasteiger partial charge is 0.398 e. The average Bonchev–Trinajstić information content (AvgIpc) is 2.44. The van der Waals surface area contributed by atoms with E-state index < -0.39 is 17.3 Å². The van der Waals surface area contributed by atoms with Crippen molar-refractivity contribution >= 4 is 11.6 Å². The summed E-state index contributed by atoms with van der Waals surface area (Å²) in [5, 5.41) is 12.5. The molecule has 0 aromatic heterocycles. The molecule has 2 rings (SSSR count). The monoisotopic (exact) mass is 280 g/mol. The SMILES string of the molecule is CC1CCC(CO)(NC(=O)c2cc(F)ccc2N)CC1. The van der Waals surface area contributed by atoms with E-state index in [2.05, 4.69) is 12.2 Å². The molecule has 1 saturated carbocycles. The minimum absolute atomic E-state index is 0.110. The summed E-state index contributed by atoms with van der Waals surface area (Å²) in [5.41, 5.74) is 5.46. The maximum absolute atomic E-state index is 13.2. The number of hydrogen-bond acceptors (Lipinski definition) is 3. The van der Waals surface area contributed by atoms with E-state index in [-0.39, 0.29) is 17.9 Å². The third kappa shape index (κ3) is 3.10. The van der Waals surface area contributed by atoms with Gasteiger partial charge in [0.25, 0.3) is 5.91 Å². The van der Waals surface area contributed by atoms with Crippen molar-refractivity contribution in [1.29, 1.82) is 0 Å². The summed E-state index contributed by atoms with van der Waals surface area (Å²) in [5.74, 6) is -0.323. The molecule has 1 aromatic rings. The molecule has 0 radical (unpaired) electrons. The molecule has 0 heterocycles. The Bertz CT molecular complexity index is 497. The fourth-order valence-electron chi connectivity index (χ4n) is 2.67. The Morgan fingerprint density at radius 2 is 2.15 bits per heavy atom. The van der Waals surface area contributed by atoms with Crippen LogP contribution < -0.4 is 11.1 Å². The summed E-state index contributed by atoms with van der Waals surface area (Å²) in [7, 11) is 0. The van der Waals surface area contributed by atoms with Crippen molar-refractivity contribution in [3.8, 4) is 0 Å². The Labute approximate surface area is 118 Å². The molecule has 1 fully saturated rings. The van der Waals surface area contributed by atoms with Crippen LogP contribution in [0.15, 0.2) is 18.2 Å². The molecule has 0 spiro atoms. The number of aliphatic hydroxyl groups is 1. The van der Waals surface area contributed by atoms with E-state index in [9.17, 15) is 14.3 Å². The number of nitrogens with two attached hydrogens (primary N) is 1. The number of rotatable bonds is 3. The molecule has 1 aliphatic carbocycles. The van der Waals surface area contributed by atoms with E-state index in [1.165, 1.54) is 12.1 Å². The van der Waals surface area contributed by atoms with Crippen LogP contribution in [0.1, 0.15) is 43.0 Å². The van der Waals surface area contributed by atoms with Gasteiger partial charge in [0.05, 0.1) is 17.7 Å². The molecule has 1 aliphatic rings. The summed E-state index contributed by atoms with van der Waals surface area (Å²) in [6.45, 7) is 2.05. The maximum Gasteiger partial charge on any atom is 0.253 e. The van der Waals surface area contributed by atoms with Gasteiger partial charge in [0.2, 0.25) is 0 Å². The highest BCUT2D eigenvalue weighted by Gasteiger charge is 2.35. The summed E-state index contributed by atoms with van der Waals surface area (Å²) < 4.78 is 13.2. The first-order valence-corrected chi connectivity index (χ1v) is 6.94. The number of anilines is 1. The first-order valence-electron chi connectivity index (χ1n) is 6.94. The number of aliphatic hydroxyl groups excluding tert-OH is 1. The minimum Gasteiger partial charge on any atom is -0.398 e. The highest BCUT2D eigenvalue weighted by atomic mass is 19.1. The molecule has 1 amide bonds. The van der Waals surface area contributed by atoms with Crippen LogP contribution in [-0.4, -0.2) is 23.2 Å². The van der Waals surface area contributed by atoms with Crippen LogP contribution in [0, 0.1) is 11.7 Å². The molecule has 20 heavy (non-hydrogen) atoms. The van der Waals surface area contributed by atoms with Gasteiger partial charge in [-0.2, -0.15) is 0 Å². The zero-order chi connectivity index (χ0) is 14.8. The van der Waals surface area contributed by atoms with Gasteiger partial charge in [0, 0.05) is 5.69 Å². The molecular formula is C15H21FN2O2. The lowest BCUT2D eigenvalue weighted by atomic mass is 9.77. The predicted octanol–water partition coefficient (Wildman–Crippen LogP) is 2.08.